The number of hydrogen-bond donors (Lipinski definition) is 0. The molecular weight excluding hydrogens is 207 g/mol. The van der Waals surface area contributed by atoms with Gasteiger partial charge in [0.15, 0.2) is 0 Å². The van der Waals surface area contributed by atoms with Crippen molar-refractivity contribution in [1.82, 2.24) is 9.88 Å². The topological polar surface area (TPSA) is 29.3 Å². The maximum Gasteiger partial charge on any atom is 0.208 e. The van der Waals surface area contributed by atoms with E-state index in [1.54, 1.807) is 6.92 Å². The van der Waals surface area contributed by atoms with Crippen molar-refractivity contribution in [3.63, 3.8) is 0 Å². The van der Waals surface area contributed by atoms with Crippen LogP contribution in [-0.4, -0.2) is 28.6 Å². The van der Waals surface area contributed by atoms with Crippen LogP contribution < -0.4 is 0 Å². The highest BCUT2D eigenvalue weighted by atomic mass is 19.1. The van der Waals surface area contributed by atoms with Crippen LogP contribution in [0.25, 0.3) is 0 Å². The van der Waals surface area contributed by atoms with Gasteiger partial charge < -0.3 is 4.42 Å². The molecule has 1 aromatic heterocycles. The standard InChI is InChI=1S/C12H19FN2O/c1-9-10(2)16-11(14-9)7-15-6-4-5-12(3,13)8-15/h4-8H2,1-3H3. The maximum atomic E-state index is 13.8. The van der Waals surface area contributed by atoms with Crippen LogP contribution in [-0.2, 0) is 6.54 Å². The summed E-state index contributed by atoms with van der Waals surface area (Å²) in [6.45, 7) is 7.53. The van der Waals surface area contributed by atoms with Gasteiger partial charge in [0.2, 0.25) is 5.89 Å². The molecule has 1 atom stereocenters. The largest absolute Gasteiger partial charge is 0.444 e. The lowest BCUT2D eigenvalue weighted by Crippen LogP contribution is -2.42. The van der Waals surface area contributed by atoms with Gasteiger partial charge in [-0.2, -0.15) is 0 Å². The molecule has 0 aromatic carbocycles. The van der Waals surface area contributed by atoms with Gasteiger partial charge in [-0.3, -0.25) is 4.90 Å². The van der Waals surface area contributed by atoms with E-state index in [4.69, 9.17) is 4.42 Å². The lowest BCUT2D eigenvalue weighted by Gasteiger charge is -2.34. The number of piperidine rings is 1. The van der Waals surface area contributed by atoms with Crippen LogP contribution >= 0.6 is 0 Å². The maximum absolute atomic E-state index is 13.8. The van der Waals surface area contributed by atoms with Gasteiger partial charge in [0.1, 0.15) is 11.4 Å². The number of alkyl halides is 1. The first-order valence-corrected chi connectivity index (χ1v) is 5.80. The molecule has 90 valence electrons. The number of oxazole rings is 1. The minimum atomic E-state index is -1.06. The molecule has 1 aliphatic rings. The quantitative estimate of drug-likeness (QED) is 0.776. The molecule has 1 aromatic rings. The molecule has 2 rings (SSSR count). The van der Waals surface area contributed by atoms with Crippen LogP contribution in [0.4, 0.5) is 4.39 Å². The summed E-state index contributed by atoms with van der Waals surface area (Å²) in [5.74, 6) is 1.56. The fraction of sp³-hybridized carbons (Fsp3) is 0.750. The van der Waals surface area contributed by atoms with E-state index in [1.807, 2.05) is 13.8 Å². The highest BCUT2D eigenvalue weighted by Crippen LogP contribution is 2.25. The second kappa shape index (κ2) is 4.17. The summed E-state index contributed by atoms with van der Waals surface area (Å²) < 4.78 is 19.3. The summed E-state index contributed by atoms with van der Waals surface area (Å²) in [5, 5.41) is 0. The zero-order chi connectivity index (χ0) is 11.8. The van der Waals surface area contributed by atoms with Crippen molar-refractivity contribution >= 4 is 0 Å². The first-order valence-electron chi connectivity index (χ1n) is 5.80. The molecule has 0 amide bonds. The summed E-state index contributed by atoms with van der Waals surface area (Å²) in [7, 11) is 0. The van der Waals surface area contributed by atoms with Gasteiger partial charge in [-0.1, -0.05) is 0 Å². The second-order valence-electron chi connectivity index (χ2n) is 4.98. The number of likely N-dealkylation sites (tertiary alicyclic amines) is 1. The van der Waals surface area contributed by atoms with Crippen molar-refractivity contribution in [1.29, 1.82) is 0 Å². The number of halogens is 1. The van der Waals surface area contributed by atoms with E-state index in [1.165, 1.54) is 0 Å². The van der Waals surface area contributed by atoms with E-state index in [-0.39, 0.29) is 0 Å². The molecule has 0 N–H and O–H groups in total. The van der Waals surface area contributed by atoms with Gasteiger partial charge in [-0.05, 0) is 40.2 Å². The minimum absolute atomic E-state index is 0.480. The Kier molecular flexibility index (Phi) is 3.02. The number of nitrogens with zero attached hydrogens (tertiary/aromatic N) is 2. The van der Waals surface area contributed by atoms with Gasteiger partial charge in [0, 0.05) is 6.54 Å². The fourth-order valence-electron chi connectivity index (χ4n) is 2.23. The normalized spacial score (nSPS) is 27.2. The zero-order valence-corrected chi connectivity index (χ0v) is 10.2. The summed E-state index contributed by atoms with van der Waals surface area (Å²) in [4.78, 5) is 6.40. The molecule has 0 bridgehead atoms. The van der Waals surface area contributed by atoms with E-state index in [0.29, 0.717) is 25.4 Å². The Bertz CT molecular complexity index is 354. The molecule has 0 saturated carbocycles. The van der Waals surface area contributed by atoms with E-state index in [2.05, 4.69) is 9.88 Å². The summed E-state index contributed by atoms with van der Waals surface area (Å²) >= 11 is 0. The Morgan fingerprint density at radius 1 is 1.50 bits per heavy atom. The van der Waals surface area contributed by atoms with Gasteiger partial charge in [-0.15, -0.1) is 0 Å². The molecule has 4 heteroatoms. The average molecular weight is 226 g/mol. The number of hydrogen-bond acceptors (Lipinski definition) is 3. The highest BCUT2D eigenvalue weighted by Gasteiger charge is 2.31. The molecule has 0 aliphatic carbocycles. The van der Waals surface area contributed by atoms with E-state index in [0.717, 1.165) is 24.4 Å². The predicted octanol–water partition coefficient (Wildman–Crippen LogP) is 2.62. The number of rotatable bonds is 2. The number of aromatic nitrogens is 1. The lowest BCUT2D eigenvalue weighted by molar-refractivity contribution is 0.0516. The van der Waals surface area contributed by atoms with Crippen LogP contribution in [0.3, 0.4) is 0 Å². The minimum Gasteiger partial charge on any atom is -0.444 e. The molecular formula is C12H19FN2O. The van der Waals surface area contributed by atoms with E-state index in [9.17, 15) is 4.39 Å². The monoisotopic (exact) mass is 226 g/mol. The smallest absolute Gasteiger partial charge is 0.208 e. The van der Waals surface area contributed by atoms with Crippen LogP contribution in [0, 0.1) is 13.8 Å². The Labute approximate surface area is 95.6 Å². The van der Waals surface area contributed by atoms with Crippen molar-refractivity contribution in [3.8, 4) is 0 Å². The molecule has 0 spiro atoms. The molecule has 1 unspecified atom stereocenters. The lowest BCUT2D eigenvalue weighted by atomic mass is 9.97. The molecule has 2 heterocycles. The van der Waals surface area contributed by atoms with Crippen LogP contribution in [0.15, 0.2) is 4.42 Å². The predicted molar refractivity (Wildman–Crippen MR) is 60.0 cm³/mol. The SMILES string of the molecule is Cc1nc(CN2CCCC(C)(F)C2)oc1C. The van der Waals surface area contributed by atoms with Crippen molar-refractivity contribution < 1.29 is 8.81 Å². The summed E-state index contributed by atoms with van der Waals surface area (Å²) in [5.41, 5.74) is -0.135. The van der Waals surface area contributed by atoms with Gasteiger partial charge in [0.05, 0.1) is 12.2 Å². The average Bonchev–Trinajstić information content (AvgIpc) is 2.43. The third-order valence-electron chi connectivity index (χ3n) is 3.16. The molecule has 16 heavy (non-hydrogen) atoms. The Hall–Kier alpha value is -0.900. The van der Waals surface area contributed by atoms with Gasteiger partial charge in [-0.25, -0.2) is 9.37 Å². The van der Waals surface area contributed by atoms with E-state index < -0.39 is 5.67 Å². The van der Waals surface area contributed by atoms with Crippen molar-refractivity contribution in [3.05, 3.63) is 17.3 Å². The van der Waals surface area contributed by atoms with Crippen LogP contribution in [0.5, 0.6) is 0 Å². The molecule has 1 aliphatic heterocycles. The van der Waals surface area contributed by atoms with Crippen molar-refractivity contribution in [2.75, 3.05) is 13.1 Å². The third-order valence-corrected chi connectivity index (χ3v) is 3.16. The Morgan fingerprint density at radius 2 is 2.25 bits per heavy atom. The molecule has 1 fully saturated rings. The Morgan fingerprint density at radius 3 is 2.81 bits per heavy atom. The van der Waals surface area contributed by atoms with E-state index >= 15 is 0 Å². The third kappa shape index (κ3) is 2.61. The van der Waals surface area contributed by atoms with Crippen LogP contribution in [0.2, 0.25) is 0 Å². The molecule has 1 saturated heterocycles. The zero-order valence-electron chi connectivity index (χ0n) is 10.2. The molecule has 3 nitrogen and oxygen atoms in total. The highest BCUT2D eigenvalue weighted by molar-refractivity contribution is 5.05. The van der Waals surface area contributed by atoms with Gasteiger partial charge >= 0.3 is 0 Å². The summed E-state index contributed by atoms with van der Waals surface area (Å²) in [6.07, 6.45) is 1.57. The van der Waals surface area contributed by atoms with Crippen molar-refractivity contribution in [2.45, 2.75) is 45.8 Å². The second-order valence-corrected chi connectivity index (χ2v) is 4.98. The first-order chi connectivity index (χ1) is 7.46. The summed E-state index contributed by atoms with van der Waals surface area (Å²) in [6, 6.07) is 0. The fourth-order valence-corrected chi connectivity index (χ4v) is 2.23. The van der Waals surface area contributed by atoms with Crippen LogP contribution in [0.1, 0.15) is 37.1 Å². The Balaban J connectivity index is 1.99. The first kappa shape index (κ1) is 11.6. The van der Waals surface area contributed by atoms with Crippen molar-refractivity contribution in [2.24, 2.45) is 0 Å². The molecule has 0 radical (unpaired) electrons. The number of aryl methyl sites for hydroxylation is 2. The van der Waals surface area contributed by atoms with Gasteiger partial charge in [0.25, 0.3) is 0 Å².